The summed E-state index contributed by atoms with van der Waals surface area (Å²) in [5.41, 5.74) is 1.25. The van der Waals surface area contributed by atoms with E-state index < -0.39 is 6.23 Å². The second kappa shape index (κ2) is 6.36. The third-order valence-electron chi connectivity index (χ3n) is 4.82. The third kappa shape index (κ3) is 2.51. The molecule has 1 aromatic carbocycles. The van der Waals surface area contributed by atoms with Crippen molar-refractivity contribution in [3.05, 3.63) is 34.4 Å². The molecule has 24 heavy (non-hydrogen) atoms. The quantitative estimate of drug-likeness (QED) is 0.641. The maximum absolute atomic E-state index is 12.5. The van der Waals surface area contributed by atoms with E-state index in [1.807, 2.05) is 0 Å². The van der Waals surface area contributed by atoms with Gasteiger partial charge in [0.1, 0.15) is 0 Å². The Hall–Kier alpha value is -2.21. The van der Waals surface area contributed by atoms with Crippen molar-refractivity contribution in [1.29, 1.82) is 0 Å². The van der Waals surface area contributed by atoms with Crippen LogP contribution in [0.1, 0.15) is 81.9 Å². The van der Waals surface area contributed by atoms with Crippen LogP contribution in [-0.2, 0) is 0 Å². The SMILES string of the molecule is CCCCCCCN1C(=O)c2cc3c(cc2C1=O)C(O)N(C)C3=O. The maximum atomic E-state index is 12.5. The van der Waals surface area contributed by atoms with E-state index in [-0.39, 0.29) is 28.8 Å². The normalized spacial score (nSPS) is 19.3. The van der Waals surface area contributed by atoms with Crippen molar-refractivity contribution in [1.82, 2.24) is 9.80 Å². The first kappa shape index (κ1) is 16.6. The lowest BCUT2D eigenvalue weighted by molar-refractivity contribution is 0.0301. The number of aliphatic hydroxyl groups excluding tert-OH is 1. The third-order valence-corrected chi connectivity index (χ3v) is 4.82. The van der Waals surface area contributed by atoms with Gasteiger partial charge < -0.3 is 10.0 Å². The molecule has 0 fully saturated rings. The van der Waals surface area contributed by atoms with Gasteiger partial charge >= 0.3 is 0 Å². The maximum Gasteiger partial charge on any atom is 0.261 e. The lowest BCUT2D eigenvalue weighted by Crippen LogP contribution is -2.30. The molecule has 1 aromatic rings. The number of imide groups is 1. The van der Waals surface area contributed by atoms with Crippen LogP contribution in [0.25, 0.3) is 0 Å². The van der Waals surface area contributed by atoms with Crippen LogP contribution in [0, 0.1) is 0 Å². The number of benzene rings is 1. The molecule has 0 aliphatic carbocycles. The molecule has 0 bridgehead atoms. The number of hydrogen-bond acceptors (Lipinski definition) is 4. The van der Waals surface area contributed by atoms with Crippen LogP contribution < -0.4 is 0 Å². The van der Waals surface area contributed by atoms with E-state index in [2.05, 4.69) is 6.92 Å². The average molecular weight is 330 g/mol. The Labute approximate surface area is 141 Å². The molecule has 1 N–H and O–H groups in total. The molecule has 0 saturated heterocycles. The molecule has 2 aliphatic rings. The number of carbonyl (C=O) groups is 3. The Bertz CT molecular complexity index is 713. The van der Waals surface area contributed by atoms with Crippen molar-refractivity contribution in [2.75, 3.05) is 13.6 Å². The number of rotatable bonds is 6. The second-order valence-corrected chi connectivity index (χ2v) is 6.45. The zero-order chi connectivity index (χ0) is 17.4. The summed E-state index contributed by atoms with van der Waals surface area (Å²) in [5.74, 6) is -1.01. The standard InChI is InChI=1S/C18H22N2O4/c1-3-4-5-6-7-8-20-17(23)13-9-11-12(10-14(13)18(20)24)16(22)19(2)15(11)21/h9-10,15,21H,3-8H2,1-2H3. The van der Waals surface area contributed by atoms with Crippen LogP contribution in [0.5, 0.6) is 0 Å². The highest BCUT2D eigenvalue weighted by Crippen LogP contribution is 2.35. The number of unbranched alkanes of at least 4 members (excludes halogenated alkanes) is 4. The number of hydrogen-bond donors (Lipinski definition) is 1. The Balaban J connectivity index is 1.80. The summed E-state index contributed by atoms with van der Waals surface area (Å²) in [5, 5.41) is 10.1. The van der Waals surface area contributed by atoms with Gasteiger partial charge in [-0.1, -0.05) is 32.6 Å². The van der Waals surface area contributed by atoms with Gasteiger partial charge in [0, 0.05) is 24.7 Å². The predicted octanol–water partition coefficient (Wildman–Crippen LogP) is 2.33. The fourth-order valence-corrected chi connectivity index (χ4v) is 3.34. The predicted molar refractivity (Wildman–Crippen MR) is 87.6 cm³/mol. The Morgan fingerprint density at radius 3 is 2.21 bits per heavy atom. The van der Waals surface area contributed by atoms with E-state index in [4.69, 9.17) is 0 Å². The minimum absolute atomic E-state index is 0.267. The number of amides is 3. The zero-order valence-electron chi connectivity index (χ0n) is 14.0. The molecule has 3 rings (SSSR count). The Morgan fingerprint density at radius 2 is 1.54 bits per heavy atom. The molecule has 0 saturated carbocycles. The number of carbonyl (C=O) groups excluding carboxylic acids is 3. The molecule has 0 radical (unpaired) electrons. The van der Waals surface area contributed by atoms with E-state index in [1.165, 1.54) is 29.0 Å². The molecule has 128 valence electrons. The summed E-state index contributed by atoms with van der Waals surface area (Å²) in [7, 11) is 1.49. The van der Waals surface area contributed by atoms with E-state index >= 15 is 0 Å². The summed E-state index contributed by atoms with van der Waals surface area (Å²) in [6.45, 7) is 2.54. The van der Waals surface area contributed by atoms with Crippen molar-refractivity contribution < 1.29 is 19.5 Å². The summed E-state index contributed by atoms with van der Waals surface area (Å²) in [6.07, 6.45) is 4.10. The summed E-state index contributed by atoms with van der Waals surface area (Å²) in [4.78, 5) is 39.6. The largest absolute Gasteiger partial charge is 0.369 e. The molecular weight excluding hydrogens is 308 g/mol. The Kier molecular flexibility index (Phi) is 4.41. The van der Waals surface area contributed by atoms with Gasteiger partial charge in [-0.15, -0.1) is 0 Å². The minimum Gasteiger partial charge on any atom is -0.369 e. The monoisotopic (exact) mass is 330 g/mol. The number of fused-ring (bicyclic) bond motifs is 2. The van der Waals surface area contributed by atoms with Gasteiger partial charge in [-0.25, -0.2) is 0 Å². The van der Waals surface area contributed by atoms with Gasteiger partial charge in [0.05, 0.1) is 11.1 Å². The highest BCUT2D eigenvalue weighted by molar-refractivity contribution is 6.22. The van der Waals surface area contributed by atoms with Crippen LogP contribution >= 0.6 is 0 Å². The highest BCUT2D eigenvalue weighted by Gasteiger charge is 2.41. The minimum atomic E-state index is -1.07. The van der Waals surface area contributed by atoms with Crippen molar-refractivity contribution in [3.63, 3.8) is 0 Å². The second-order valence-electron chi connectivity index (χ2n) is 6.45. The lowest BCUT2D eigenvalue weighted by Gasteiger charge is -2.14. The molecular formula is C18H22N2O4. The molecule has 2 aliphatic heterocycles. The van der Waals surface area contributed by atoms with Crippen molar-refractivity contribution >= 4 is 17.7 Å². The lowest BCUT2D eigenvalue weighted by atomic mass is 10.0. The summed E-state index contributed by atoms with van der Waals surface area (Å²) in [6, 6.07) is 2.95. The van der Waals surface area contributed by atoms with E-state index in [1.54, 1.807) is 0 Å². The molecule has 1 atom stereocenters. The molecule has 6 nitrogen and oxygen atoms in total. The van der Waals surface area contributed by atoms with E-state index in [9.17, 15) is 19.5 Å². The zero-order valence-corrected chi connectivity index (χ0v) is 14.0. The van der Waals surface area contributed by atoms with E-state index in [0.717, 1.165) is 32.1 Å². The first-order valence-electron chi connectivity index (χ1n) is 8.46. The van der Waals surface area contributed by atoms with E-state index in [0.29, 0.717) is 17.7 Å². The average Bonchev–Trinajstić information content (AvgIpc) is 2.94. The van der Waals surface area contributed by atoms with Crippen molar-refractivity contribution in [2.24, 2.45) is 0 Å². The van der Waals surface area contributed by atoms with Gasteiger partial charge in [0.25, 0.3) is 17.7 Å². The van der Waals surface area contributed by atoms with Crippen LogP contribution in [0.4, 0.5) is 0 Å². The first-order chi connectivity index (χ1) is 11.5. The smallest absolute Gasteiger partial charge is 0.261 e. The van der Waals surface area contributed by atoms with Crippen LogP contribution in [0.15, 0.2) is 12.1 Å². The van der Waals surface area contributed by atoms with Crippen LogP contribution in [0.3, 0.4) is 0 Å². The van der Waals surface area contributed by atoms with Gasteiger partial charge in [0.15, 0.2) is 6.23 Å². The highest BCUT2D eigenvalue weighted by atomic mass is 16.3. The van der Waals surface area contributed by atoms with Crippen LogP contribution in [-0.4, -0.2) is 46.2 Å². The van der Waals surface area contributed by atoms with Crippen molar-refractivity contribution in [3.8, 4) is 0 Å². The molecule has 2 heterocycles. The molecule has 1 unspecified atom stereocenters. The topological polar surface area (TPSA) is 77.9 Å². The van der Waals surface area contributed by atoms with Gasteiger partial charge in [-0.2, -0.15) is 0 Å². The number of aliphatic hydroxyl groups is 1. The van der Waals surface area contributed by atoms with Crippen molar-refractivity contribution in [2.45, 2.75) is 45.3 Å². The fourth-order valence-electron chi connectivity index (χ4n) is 3.34. The first-order valence-corrected chi connectivity index (χ1v) is 8.46. The van der Waals surface area contributed by atoms with Gasteiger partial charge in [-0.3, -0.25) is 19.3 Å². The van der Waals surface area contributed by atoms with Gasteiger partial charge in [0.2, 0.25) is 0 Å². The summed E-state index contributed by atoms with van der Waals surface area (Å²) < 4.78 is 0. The summed E-state index contributed by atoms with van der Waals surface area (Å²) >= 11 is 0. The van der Waals surface area contributed by atoms with Crippen LogP contribution in [0.2, 0.25) is 0 Å². The molecule has 3 amide bonds. The molecule has 6 heteroatoms. The Morgan fingerprint density at radius 1 is 0.917 bits per heavy atom. The molecule has 0 aromatic heterocycles. The fraction of sp³-hybridized carbons (Fsp3) is 0.500. The van der Waals surface area contributed by atoms with Gasteiger partial charge in [-0.05, 0) is 18.6 Å². The number of nitrogens with zero attached hydrogens (tertiary/aromatic N) is 2. The molecule has 0 spiro atoms.